The second kappa shape index (κ2) is 3.33. The van der Waals surface area contributed by atoms with Gasteiger partial charge in [0.25, 0.3) is 0 Å². The van der Waals surface area contributed by atoms with Crippen LogP contribution in [0, 0.1) is 0 Å². The Labute approximate surface area is 105 Å². The van der Waals surface area contributed by atoms with Crippen LogP contribution in [0.15, 0.2) is 23.1 Å². The van der Waals surface area contributed by atoms with Gasteiger partial charge in [0.2, 0.25) is 0 Å². The minimum atomic E-state index is -9.68. The van der Waals surface area contributed by atoms with E-state index in [-0.39, 0.29) is 30.2 Å². The fourth-order valence-electron chi connectivity index (χ4n) is 1.90. The quantitative estimate of drug-likeness (QED) is 0.807. The van der Waals surface area contributed by atoms with Crippen molar-refractivity contribution in [3.05, 3.63) is 23.8 Å². The number of benzene rings is 1. The van der Waals surface area contributed by atoms with E-state index in [2.05, 4.69) is 5.32 Å². The number of halogens is 5. The van der Waals surface area contributed by atoms with Crippen molar-refractivity contribution in [2.24, 2.45) is 0 Å². The third-order valence-electron chi connectivity index (χ3n) is 2.85. The van der Waals surface area contributed by atoms with Crippen molar-refractivity contribution in [2.45, 2.75) is 23.8 Å². The molecule has 2 rings (SSSR count). The van der Waals surface area contributed by atoms with Crippen LogP contribution in [0.4, 0.5) is 25.1 Å². The van der Waals surface area contributed by atoms with E-state index in [1.54, 1.807) is 0 Å². The number of carboxylic acids is 1. The Kier molecular flexibility index (Phi) is 2.44. The predicted molar refractivity (Wildman–Crippen MR) is 61.2 cm³/mol. The number of aliphatic carboxylic acids is 1. The maximum atomic E-state index is 12.6. The Morgan fingerprint density at radius 1 is 1.26 bits per heavy atom. The summed E-state index contributed by atoms with van der Waals surface area (Å²) in [6, 6.07) is 0.593. The maximum Gasteiger partial charge on any atom is 0.326 e. The summed E-state index contributed by atoms with van der Waals surface area (Å²) < 4.78 is 63.0. The van der Waals surface area contributed by atoms with Gasteiger partial charge >= 0.3 is 16.2 Å². The van der Waals surface area contributed by atoms with Crippen LogP contribution in [-0.2, 0) is 11.2 Å². The van der Waals surface area contributed by atoms with Gasteiger partial charge in [-0.2, -0.15) is 0 Å². The molecule has 1 unspecified atom stereocenters. The molecule has 1 heterocycles. The number of carboxylic acid groups (broad SMARTS) is 1. The van der Waals surface area contributed by atoms with Crippen molar-refractivity contribution in [1.82, 2.24) is 0 Å². The molecule has 0 aliphatic carbocycles. The molecule has 0 bridgehead atoms. The van der Waals surface area contributed by atoms with Crippen molar-refractivity contribution in [3.8, 4) is 0 Å². The fraction of sp³-hybridized carbons (Fsp3) is 0.300. The van der Waals surface area contributed by atoms with E-state index < -0.39 is 27.1 Å². The van der Waals surface area contributed by atoms with E-state index in [0.717, 1.165) is 6.07 Å². The van der Waals surface area contributed by atoms with Gasteiger partial charge in [0.15, 0.2) is 0 Å². The second-order valence-corrected chi connectivity index (χ2v) is 6.77. The molecule has 0 spiro atoms. The molecule has 0 amide bonds. The summed E-state index contributed by atoms with van der Waals surface area (Å²) in [5.74, 6) is -1.14. The summed E-state index contributed by atoms with van der Waals surface area (Å²) >= 11 is 0. The lowest BCUT2D eigenvalue weighted by atomic mass is 9.98. The summed E-state index contributed by atoms with van der Waals surface area (Å²) in [6.45, 7) is 0. The zero-order chi connectivity index (χ0) is 14.5. The van der Waals surface area contributed by atoms with Crippen molar-refractivity contribution < 1.29 is 29.3 Å². The molecule has 3 nitrogen and oxygen atoms in total. The number of rotatable bonds is 2. The minimum absolute atomic E-state index is 0.000972. The molecule has 19 heavy (non-hydrogen) atoms. The van der Waals surface area contributed by atoms with Gasteiger partial charge in [0.05, 0.1) is 0 Å². The summed E-state index contributed by atoms with van der Waals surface area (Å²) in [7, 11) is -9.68. The van der Waals surface area contributed by atoms with Crippen LogP contribution in [0.3, 0.4) is 0 Å². The van der Waals surface area contributed by atoms with Crippen molar-refractivity contribution in [2.75, 3.05) is 5.32 Å². The molecule has 0 radical (unpaired) electrons. The summed E-state index contributed by atoms with van der Waals surface area (Å²) in [5, 5.41) is 11.3. The molecular weight excluding hydrogens is 293 g/mol. The van der Waals surface area contributed by atoms with Crippen LogP contribution in [0.2, 0.25) is 0 Å². The molecule has 1 aliphatic rings. The molecule has 2 N–H and O–H groups in total. The molecule has 1 atom stereocenters. The van der Waals surface area contributed by atoms with E-state index in [0.29, 0.717) is 6.07 Å². The predicted octanol–water partition coefficient (Wildman–Crippen LogP) is 4.16. The van der Waals surface area contributed by atoms with Gasteiger partial charge in [-0.3, -0.25) is 0 Å². The molecular formula is C10H10F5NO2S. The number of nitrogens with one attached hydrogen (secondary N) is 1. The van der Waals surface area contributed by atoms with Crippen LogP contribution >= 0.6 is 10.2 Å². The van der Waals surface area contributed by atoms with Gasteiger partial charge < -0.3 is 10.4 Å². The highest BCUT2D eigenvalue weighted by atomic mass is 32.5. The molecule has 108 valence electrons. The third-order valence-corrected chi connectivity index (χ3v) is 4.00. The van der Waals surface area contributed by atoms with Crippen LogP contribution < -0.4 is 5.32 Å². The summed E-state index contributed by atoms with van der Waals surface area (Å²) in [6.07, 6.45) is 0.0487. The number of aryl methyl sites for hydroxylation is 1. The topological polar surface area (TPSA) is 49.3 Å². The van der Waals surface area contributed by atoms with E-state index in [4.69, 9.17) is 5.11 Å². The second-order valence-electron chi connectivity index (χ2n) is 4.36. The first-order valence-corrected chi connectivity index (χ1v) is 7.18. The fourth-order valence-corrected chi connectivity index (χ4v) is 2.59. The molecule has 0 saturated heterocycles. The average Bonchev–Trinajstić information content (AvgIpc) is 2.24. The van der Waals surface area contributed by atoms with Crippen LogP contribution in [0.25, 0.3) is 0 Å². The van der Waals surface area contributed by atoms with E-state index >= 15 is 0 Å². The standard InChI is InChI=1S/C10H10F5NO2S/c11-19(12,13,14,15)7-2-4-8-6(5-7)1-3-9(16-8)10(17)18/h2,4-5,9,16H,1,3H2,(H,17,18). The number of carbonyl (C=O) groups is 1. The van der Waals surface area contributed by atoms with Crippen LogP contribution in [0.1, 0.15) is 12.0 Å². The Bertz CT molecular complexity index is 556. The van der Waals surface area contributed by atoms with Gasteiger partial charge in [0, 0.05) is 5.69 Å². The normalized spacial score (nSPS) is 22.7. The zero-order valence-corrected chi connectivity index (χ0v) is 10.2. The highest BCUT2D eigenvalue weighted by Gasteiger charge is 2.65. The van der Waals surface area contributed by atoms with Crippen LogP contribution in [-0.4, -0.2) is 17.1 Å². The SMILES string of the molecule is O=C(O)C1CCc2cc(S(F)(F)(F)(F)F)ccc2N1. The van der Waals surface area contributed by atoms with Gasteiger partial charge in [-0.15, -0.1) is 0 Å². The summed E-state index contributed by atoms with van der Waals surface area (Å²) in [5.41, 5.74) is 0.188. The molecule has 0 aromatic heterocycles. The number of hydrogen-bond donors (Lipinski definition) is 2. The smallest absolute Gasteiger partial charge is 0.326 e. The van der Waals surface area contributed by atoms with E-state index in [9.17, 15) is 24.2 Å². The highest BCUT2D eigenvalue weighted by molar-refractivity contribution is 8.45. The van der Waals surface area contributed by atoms with Crippen molar-refractivity contribution in [3.63, 3.8) is 0 Å². The molecule has 0 saturated carbocycles. The monoisotopic (exact) mass is 303 g/mol. The first kappa shape index (κ1) is 13.9. The van der Waals surface area contributed by atoms with Gasteiger partial charge in [-0.25, -0.2) is 4.79 Å². The first-order valence-electron chi connectivity index (χ1n) is 5.23. The molecule has 1 aromatic rings. The first-order chi connectivity index (χ1) is 8.36. The maximum absolute atomic E-state index is 12.6. The molecule has 1 aromatic carbocycles. The van der Waals surface area contributed by atoms with Crippen molar-refractivity contribution >= 4 is 21.9 Å². The largest absolute Gasteiger partial charge is 0.480 e. The van der Waals surface area contributed by atoms with E-state index in [1.807, 2.05) is 0 Å². The lowest BCUT2D eigenvalue weighted by molar-refractivity contribution is -0.138. The zero-order valence-electron chi connectivity index (χ0n) is 9.38. The molecule has 0 fully saturated rings. The Hall–Kier alpha value is -1.51. The molecule has 1 aliphatic heterocycles. The van der Waals surface area contributed by atoms with Gasteiger partial charge in [-0.1, -0.05) is 19.4 Å². The van der Waals surface area contributed by atoms with Crippen LogP contribution in [0.5, 0.6) is 0 Å². The highest BCUT2D eigenvalue weighted by Crippen LogP contribution is 3.02. The van der Waals surface area contributed by atoms with Gasteiger partial charge in [-0.05, 0) is 36.6 Å². The van der Waals surface area contributed by atoms with Gasteiger partial charge in [0.1, 0.15) is 10.9 Å². The lowest BCUT2D eigenvalue weighted by Gasteiger charge is -2.41. The third kappa shape index (κ3) is 2.91. The van der Waals surface area contributed by atoms with E-state index in [1.165, 1.54) is 0 Å². The Morgan fingerprint density at radius 2 is 1.89 bits per heavy atom. The summed E-state index contributed by atoms with van der Waals surface area (Å²) in [4.78, 5) is 8.79. The Morgan fingerprint density at radius 3 is 2.42 bits per heavy atom. The van der Waals surface area contributed by atoms with Crippen molar-refractivity contribution in [1.29, 1.82) is 0 Å². The number of fused-ring (bicyclic) bond motifs is 1. The average molecular weight is 303 g/mol. The lowest BCUT2D eigenvalue weighted by Crippen LogP contribution is -2.33. The number of anilines is 1. The Balaban J connectivity index is 2.42. The number of hydrogen-bond acceptors (Lipinski definition) is 2. The molecule has 9 heteroatoms. The minimum Gasteiger partial charge on any atom is -0.480 e.